The molecule has 45 heavy (non-hydrogen) atoms. The van der Waals surface area contributed by atoms with E-state index in [1.807, 2.05) is 30.5 Å². The Kier molecular flexibility index (Phi) is 5.04. The van der Waals surface area contributed by atoms with Crippen LogP contribution < -0.4 is 9.64 Å². The van der Waals surface area contributed by atoms with Crippen LogP contribution in [0.4, 0.5) is 11.4 Å². The molecular formula is C40H28N2O3. The first-order valence-corrected chi connectivity index (χ1v) is 15.2. The molecule has 216 valence electrons. The van der Waals surface area contributed by atoms with Crippen LogP contribution in [0.3, 0.4) is 0 Å². The maximum absolute atomic E-state index is 12.5. The first kappa shape index (κ1) is 25.9. The zero-order valence-corrected chi connectivity index (χ0v) is 25.1. The molecule has 1 unspecified atom stereocenters. The lowest BCUT2D eigenvalue weighted by Gasteiger charge is -2.45. The number of rotatable bonds is 2. The van der Waals surface area contributed by atoms with Gasteiger partial charge in [-0.3, -0.25) is 14.6 Å². The molecule has 5 heteroatoms. The second-order valence-corrected chi connectivity index (χ2v) is 12.7. The number of hydrogen-bond acceptors (Lipinski definition) is 5. The van der Waals surface area contributed by atoms with E-state index in [1.165, 1.54) is 5.56 Å². The number of hydrogen-bond donors (Lipinski definition) is 0. The summed E-state index contributed by atoms with van der Waals surface area (Å²) in [6, 6.07) is 36.8. The van der Waals surface area contributed by atoms with Gasteiger partial charge < -0.3 is 9.64 Å². The third kappa shape index (κ3) is 3.30. The van der Waals surface area contributed by atoms with Gasteiger partial charge in [0.2, 0.25) is 17.3 Å². The van der Waals surface area contributed by atoms with Crippen molar-refractivity contribution >= 4 is 50.7 Å². The number of carbonyl (C=O) groups excluding carboxylic acids is 2. The van der Waals surface area contributed by atoms with Gasteiger partial charge in [0.1, 0.15) is 11.4 Å². The standard InChI is InChI=1S/C40H28N2O3/c1-39(2)32-9-4-5-10-33(32)42(3)40(39)22-41-36-28-17-15-25(21-26(28)16-20-34(36)45-40)23-11-13-24(14-12-23)27-18-19-31-35-29(27)7-6-8-30(35)37(43)38(31)44/h4-22H,1-3H3. The number of carbonyl (C=O) groups is 2. The average Bonchev–Trinajstić information content (AvgIpc) is 3.41. The molecular weight excluding hydrogens is 556 g/mol. The predicted molar refractivity (Wildman–Crippen MR) is 180 cm³/mol. The number of likely N-dealkylation sites (N-methyl/N-ethyl adjacent to an activating group) is 1. The van der Waals surface area contributed by atoms with Crippen LogP contribution in [0, 0.1) is 0 Å². The summed E-state index contributed by atoms with van der Waals surface area (Å²) in [5.41, 5.74) is 7.49. The second kappa shape index (κ2) is 8.76. The molecule has 0 aromatic heterocycles. The molecule has 6 aromatic rings. The third-order valence-electron chi connectivity index (χ3n) is 10.2. The van der Waals surface area contributed by atoms with E-state index in [9.17, 15) is 9.59 Å². The van der Waals surface area contributed by atoms with Crippen molar-refractivity contribution in [2.24, 2.45) is 4.99 Å². The van der Waals surface area contributed by atoms with Gasteiger partial charge in [0.05, 0.1) is 11.6 Å². The van der Waals surface area contributed by atoms with Crippen LogP contribution in [0.2, 0.25) is 0 Å². The summed E-state index contributed by atoms with van der Waals surface area (Å²) in [5.74, 6) is -0.0565. The summed E-state index contributed by atoms with van der Waals surface area (Å²) >= 11 is 0. The topological polar surface area (TPSA) is 59.0 Å². The summed E-state index contributed by atoms with van der Waals surface area (Å²) in [6.45, 7) is 4.44. The number of ether oxygens (including phenoxy) is 1. The Bertz CT molecular complexity index is 2310. The largest absolute Gasteiger partial charge is 0.459 e. The quantitative estimate of drug-likeness (QED) is 0.191. The Morgan fingerprint density at radius 1 is 0.667 bits per heavy atom. The van der Waals surface area contributed by atoms with E-state index in [-0.39, 0.29) is 5.41 Å². The van der Waals surface area contributed by atoms with Crippen molar-refractivity contribution < 1.29 is 14.3 Å². The Hall–Kier alpha value is -5.55. The van der Waals surface area contributed by atoms with Crippen LogP contribution in [0.25, 0.3) is 43.8 Å². The molecule has 1 atom stereocenters. The summed E-state index contributed by atoms with van der Waals surface area (Å²) in [5, 5.41) is 3.83. The number of benzene rings is 6. The van der Waals surface area contributed by atoms with Crippen LogP contribution in [-0.4, -0.2) is 30.6 Å². The molecule has 0 radical (unpaired) electrons. The van der Waals surface area contributed by atoms with Gasteiger partial charge in [0.25, 0.3) is 0 Å². The van der Waals surface area contributed by atoms with E-state index in [4.69, 9.17) is 9.73 Å². The molecule has 5 nitrogen and oxygen atoms in total. The van der Waals surface area contributed by atoms with Crippen molar-refractivity contribution in [3.05, 3.63) is 126 Å². The lowest BCUT2D eigenvalue weighted by molar-refractivity contribution is 0.0825. The number of Topliss-reactive ketones (excluding diaryl/α,β-unsaturated/α-hetero) is 2. The highest BCUT2D eigenvalue weighted by Crippen LogP contribution is 2.54. The van der Waals surface area contributed by atoms with Crippen molar-refractivity contribution in [2.75, 3.05) is 11.9 Å². The van der Waals surface area contributed by atoms with Gasteiger partial charge in [-0.25, -0.2) is 0 Å². The summed E-state index contributed by atoms with van der Waals surface area (Å²) in [6.07, 6.45) is 1.98. The first-order chi connectivity index (χ1) is 21.8. The Morgan fingerprint density at radius 2 is 1.38 bits per heavy atom. The summed E-state index contributed by atoms with van der Waals surface area (Å²) < 4.78 is 6.87. The lowest BCUT2D eigenvalue weighted by atomic mass is 9.77. The number of ketones is 2. The van der Waals surface area contributed by atoms with Gasteiger partial charge in [-0.15, -0.1) is 0 Å². The monoisotopic (exact) mass is 584 g/mol. The summed E-state index contributed by atoms with van der Waals surface area (Å²) in [7, 11) is 2.08. The Balaban J connectivity index is 1.06. The lowest BCUT2D eigenvalue weighted by Crippen LogP contribution is -2.61. The number of anilines is 1. The molecule has 0 fully saturated rings. The highest BCUT2D eigenvalue weighted by atomic mass is 16.5. The Labute approximate surface area is 260 Å². The number of aliphatic imine (C=N–C) groups is 1. The van der Waals surface area contributed by atoms with E-state index in [1.54, 1.807) is 12.1 Å². The molecule has 2 heterocycles. The van der Waals surface area contributed by atoms with E-state index in [2.05, 4.69) is 98.6 Å². The molecule has 3 aliphatic rings. The zero-order chi connectivity index (χ0) is 30.7. The fourth-order valence-corrected chi connectivity index (χ4v) is 7.69. The van der Waals surface area contributed by atoms with Crippen molar-refractivity contribution in [1.29, 1.82) is 0 Å². The minimum atomic E-state index is -0.713. The molecule has 6 aromatic carbocycles. The minimum Gasteiger partial charge on any atom is -0.459 e. The van der Waals surface area contributed by atoms with Crippen LogP contribution in [0.15, 0.2) is 114 Å². The van der Waals surface area contributed by atoms with Gasteiger partial charge >= 0.3 is 0 Å². The number of para-hydroxylation sites is 1. The molecule has 0 saturated heterocycles. The van der Waals surface area contributed by atoms with Crippen LogP contribution in [-0.2, 0) is 5.41 Å². The SMILES string of the molecule is CN1c2ccccc2C(C)(C)C12C=Nc1c(ccc3cc(-c4ccc(-c5ccc6c7c(cccc57)C(=O)C6=O)cc4)ccc13)O2. The normalized spacial score (nSPS) is 19.0. The average molecular weight is 585 g/mol. The van der Waals surface area contributed by atoms with E-state index < -0.39 is 17.3 Å². The molecule has 0 bridgehead atoms. The summed E-state index contributed by atoms with van der Waals surface area (Å²) in [4.78, 5) is 32.2. The smallest absolute Gasteiger partial charge is 0.234 e. The highest BCUT2D eigenvalue weighted by Gasteiger charge is 2.58. The van der Waals surface area contributed by atoms with Gasteiger partial charge in [-0.05, 0) is 76.7 Å². The van der Waals surface area contributed by atoms with Crippen molar-refractivity contribution in [2.45, 2.75) is 25.0 Å². The predicted octanol–water partition coefficient (Wildman–Crippen LogP) is 8.92. The zero-order valence-electron chi connectivity index (χ0n) is 25.1. The third-order valence-corrected chi connectivity index (χ3v) is 10.2. The van der Waals surface area contributed by atoms with Crippen molar-refractivity contribution in [3.63, 3.8) is 0 Å². The molecule has 9 rings (SSSR count). The van der Waals surface area contributed by atoms with Gasteiger partial charge in [-0.2, -0.15) is 0 Å². The van der Waals surface area contributed by atoms with E-state index >= 15 is 0 Å². The maximum atomic E-state index is 12.5. The number of fused-ring (bicyclic) bond motifs is 4. The van der Waals surface area contributed by atoms with Gasteiger partial charge in [-0.1, -0.05) is 84.9 Å². The molecule has 0 saturated carbocycles. The molecule has 2 aliphatic heterocycles. The fraction of sp³-hybridized carbons (Fsp3) is 0.125. The fourth-order valence-electron chi connectivity index (χ4n) is 7.69. The van der Waals surface area contributed by atoms with Crippen LogP contribution in [0.5, 0.6) is 5.75 Å². The molecule has 0 amide bonds. The van der Waals surface area contributed by atoms with E-state index in [0.717, 1.165) is 60.9 Å². The maximum Gasteiger partial charge on any atom is 0.234 e. The van der Waals surface area contributed by atoms with E-state index in [0.29, 0.717) is 11.1 Å². The molecule has 1 aliphatic carbocycles. The van der Waals surface area contributed by atoms with Crippen molar-refractivity contribution in [3.8, 4) is 28.0 Å². The molecule has 1 spiro atoms. The van der Waals surface area contributed by atoms with Gasteiger partial charge in [0, 0.05) is 34.6 Å². The molecule has 0 N–H and O–H groups in total. The highest BCUT2D eigenvalue weighted by molar-refractivity contribution is 6.57. The number of nitrogens with zero attached hydrogens (tertiary/aromatic N) is 2. The second-order valence-electron chi connectivity index (χ2n) is 12.7. The van der Waals surface area contributed by atoms with Crippen molar-refractivity contribution in [1.82, 2.24) is 0 Å². The van der Waals surface area contributed by atoms with Crippen LogP contribution >= 0.6 is 0 Å². The van der Waals surface area contributed by atoms with Crippen LogP contribution in [0.1, 0.15) is 40.1 Å². The first-order valence-electron chi connectivity index (χ1n) is 15.2. The Morgan fingerprint density at radius 3 is 2.18 bits per heavy atom. The minimum absolute atomic E-state index is 0.299. The van der Waals surface area contributed by atoms with Gasteiger partial charge in [0.15, 0.2) is 0 Å².